The lowest BCUT2D eigenvalue weighted by Gasteiger charge is -2.12. The molecule has 1 saturated heterocycles. The number of anilines is 1. The van der Waals surface area contributed by atoms with Crippen LogP contribution in [0.3, 0.4) is 0 Å². The van der Waals surface area contributed by atoms with E-state index in [9.17, 15) is 19.5 Å². The summed E-state index contributed by atoms with van der Waals surface area (Å²) < 4.78 is 1.30. The highest BCUT2D eigenvalue weighted by Crippen LogP contribution is 2.30. The first-order valence-electron chi connectivity index (χ1n) is 8.13. The number of nitrogens with zero attached hydrogens (tertiary/aromatic N) is 1. The Labute approximate surface area is 183 Å². The van der Waals surface area contributed by atoms with Crippen molar-refractivity contribution in [1.29, 1.82) is 0 Å². The second-order valence-corrected chi connectivity index (χ2v) is 8.20. The van der Waals surface area contributed by atoms with E-state index in [1.165, 1.54) is 6.08 Å². The molecular formula is C19H15BrIN3O4. The fourth-order valence-electron chi connectivity index (χ4n) is 2.63. The van der Waals surface area contributed by atoms with Gasteiger partial charge < -0.3 is 15.7 Å². The van der Waals surface area contributed by atoms with Crippen molar-refractivity contribution in [2.24, 2.45) is 0 Å². The van der Waals surface area contributed by atoms with Crippen LogP contribution in [0.4, 0.5) is 10.5 Å². The van der Waals surface area contributed by atoms with Crippen molar-refractivity contribution < 1.29 is 19.5 Å². The molecule has 7 nitrogen and oxygen atoms in total. The van der Waals surface area contributed by atoms with Crippen LogP contribution < -0.4 is 10.6 Å². The van der Waals surface area contributed by atoms with Crippen molar-refractivity contribution in [1.82, 2.24) is 10.2 Å². The number of carbonyl (C=O) groups is 3. The van der Waals surface area contributed by atoms with Crippen LogP contribution in [0.2, 0.25) is 0 Å². The number of hydrogen-bond acceptors (Lipinski definition) is 4. The molecule has 28 heavy (non-hydrogen) atoms. The van der Waals surface area contributed by atoms with Crippen LogP contribution in [0.1, 0.15) is 11.1 Å². The molecular weight excluding hydrogens is 541 g/mol. The maximum atomic E-state index is 12.5. The van der Waals surface area contributed by atoms with Crippen LogP contribution in [0, 0.1) is 10.5 Å². The number of amides is 4. The number of nitrogens with one attached hydrogen (secondary N) is 2. The average Bonchev–Trinajstić information content (AvgIpc) is 2.86. The number of benzene rings is 2. The van der Waals surface area contributed by atoms with Gasteiger partial charge in [-0.25, -0.2) is 9.69 Å². The smallest absolute Gasteiger partial charge is 0.329 e. The Morgan fingerprint density at radius 2 is 2.07 bits per heavy atom. The standard InChI is InChI=1S/C19H15BrIN3O4/c1-10-3-2-4-13(5-10)22-16(25)9-24-18(27)15(23-19(24)28)7-11-6-12(20)8-14(21)17(11)26/h2-8,26H,9H2,1H3,(H,22,25)(H,23,28)/b15-7-. The summed E-state index contributed by atoms with van der Waals surface area (Å²) in [4.78, 5) is 37.7. The first kappa shape index (κ1) is 20.3. The maximum Gasteiger partial charge on any atom is 0.329 e. The second kappa shape index (κ2) is 8.31. The van der Waals surface area contributed by atoms with Gasteiger partial charge in [-0.3, -0.25) is 9.59 Å². The number of rotatable bonds is 4. The fraction of sp³-hybridized carbons (Fsp3) is 0.105. The molecule has 0 spiro atoms. The summed E-state index contributed by atoms with van der Waals surface area (Å²) in [6, 6.07) is 9.84. The van der Waals surface area contributed by atoms with Gasteiger partial charge >= 0.3 is 6.03 Å². The first-order valence-corrected chi connectivity index (χ1v) is 10.0. The molecule has 0 bridgehead atoms. The number of imide groups is 1. The van der Waals surface area contributed by atoms with E-state index >= 15 is 0 Å². The zero-order valence-electron chi connectivity index (χ0n) is 14.6. The number of halogens is 2. The van der Waals surface area contributed by atoms with E-state index in [0.29, 0.717) is 19.3 Å². The molecule has 3 rings (SSSR count). The van der Waals surface area contributed by atoms with Crippen LogP contribution in [-0.4, -0.2) is 34.4 Å². The van der Waals surface area contributed by atoms with Crippen LogP contribution >= 0.6 is 38.5 Å². The van der Waals surface area contributed by atoms with Crippen LogP contribution in [0.15, 0.2) is 46.6 Å². The van der Waals surface area contributed by atoms with Gasteiger partial charge in [0.25, 0.3) is 5.91 Å². The maximum absolute atomic E-state index is 12.5. The third kappa shape index (κ3) is 4.53. The normalized spacial score (nSPS) is 15.1. The molecule has 3 N–H and O–H groups in total. The molecule has 2 aromatic carbocycles. The van der Waals surface area contributed by atoms with Crippen molar-refractivity contribution in [2.75, 3.05) is 11.9 Å². The summed E-state index contributed by atoms with van der Waals surface area (Å²) in [5, 5.41) is 15.3. The Balaban J connectivity index is 1.76. The third-order valence-corrected chi connectivity index (χ3v) is 5.20. The molecule has 4 amide bonds. The molecule has 1 fully saturated rings. The van der Waals surface area contributed by atoms with E-state index in [0.717, 1.165) is 10.5 Å². The highest BCUT2D eigenvalue weighted by molar-refractivity contribution is 14.1. The predicted octanol–water partition coefficient (Wildman–Crippen LogP) is 3.60. The van der Waals surface area contributed by atoms with Gasteiger partial charge in [0.1, 0.15) is 18.0 Å². The summed E-state index contributed by atoms with van der Waals surface area (Å²) in [5.74, 6) is -1.14. The summed E-state index contributed by atoms with van der Waals surface area (Å²) in [5.41, 5.74) is 1.91. The lowest BCUT2D eigenvalue weighted by Crippen LogP contribution is -2.38. The molecule has 0 saturated carbocycles. The van der Waals surface area contributed by atoms with Gasteiger partial charge in [-0.05, 0) is 65.4 Å². The van der Waals surface area contributed by atoms with E-state index in [-0.39, 0.29) is 11.4 Å². The van der Waals surface area contributed by atoms with Crippen LogP contribution in [0.5, 0.6) is 5.75 Å². The van der Waals surface area contributed by atoms with Gasteiger partial charge in [0.15, 0.2) is 0 Å². The number of phenols is 1. The number of aryl methyl sites for hydroxylation is 1. The lowest BCUT2D eigenvalue weighted by atomic mass is 10.1. The highest BCUT2D eigenvalue weighted by Gasteiger charge is 2.35. The number of carbonyl (C=O) groups excluding carboxylic acids is 3. The molecule has 0 unspecified atom stereocenters. The Morgan fingerprint density at radius 1 is 1.32 bits per heavy atom. The predicted molar refractivity (Wildman–Crippen MR) is 117 cm³/mol. The molecule has 1 heterocycles. The minimum absolute atomic E-state index is 0.00557. The number of phenolic OH excluding ortho intramolecular Hbond substituents is 1. The van der Waals surface area contributed by atoms with Crippen molar-refractivity contribution >= 4 is 68.1 Å². The molecule has 0 atom stereocenters. The molecule has 0 radical (unpaired) electrons. The summed E-state index contributed by atoms with van der Waals surface area (Å²) >= 11 is 5.28. The molecule has 144 valence electrons. The molecule has 1 aliphatic heterocycles. The Morgan fingerprint density at radius 3 is 2.79 bits per heavy atom. The Kier molecular flexibility index (Phi) is 6.04. The minimum Gasteiger partial charge on any atom is -0.506 e. The largest absolute Gasteiger partial charge is 0.506 e. The van der Waals surface area contributed by atoms with Gasteiger partial charge in [-0.1, -0.05) is 28.1 Å². The zero-order valence-corrected chi connectivity index (χ0v) is 18.4. The Bertz CT molecular complexity index is 1020. The SMILES string of the molecule is Cc1cccc(NC(=O)CN2C(=O)N/C(=C\c3cc(Br)cc(I)c3O)C2=O)c1. The monoisotopic (exact) mass is 555 g/mol. The Hall–Kier alpha value is -2.40. The lowest BCUT2D eigenvalue weighted by molar-refractivity contribution is -0.127. The number of urea groups is 1. The van der Waals surface area contributed by atoms with E-state index in [2.05, 4.69) is 26.6 Å². The van der Waals surface area contributed by atoms with Gasteiger partial charge in [-0.15, -0.1) is 0 Å². The molecule has 0 aliphatic carbocycles. The molecule has 1 aliphatic rings. The van der Waals surface area contributed by atoms with Crippen molar-refractivity contribution in [3.05, 3.63) is 61.3 Å². The topological polar surface area (TPSA) is 98.7 Å². The molecule has 2 aromatic rings. The highest BCUT2D eigenvalue weighted by atomic mass is 127. The quantitative estimate of drug-likeness (QED) is 0.305. The minimum atomic E-state index is -0.695. The molecule has 9 heteroatoms. The van der Waals surface area contributed by atoms with Gasteiger partial charge in [0.05, 0.1) is 3.57 Å². The zero-order chi connectivity index (χ0) is 20.4. The van der Waals surface area contributed by atoms with Crippen molar-refractivity contribution in [3.8, 4) is 5.75 Å². The third-order valence-electron chi connectivity index (χ3n) is 3.92. The van der Waals surface area contributed by atoms with Crippen LogP contribution in [-0.2, 0) is 9.59 Å². The van der Waals surface area contributed by atoms with Crippen LogP contribution in [0.25, 0.3) is 6.08 Å². The number of aromatic hydroxyl groups is 1. The van der Waals surface area contributed by atoms with Crippen molar-refractivity contribution in [3.63, 3.8) is 0 Å². The first-order chi connectivity index (χ1) is 13.2. The fourth-order valence-corrected chi connectivity index (χ4v) is 4.18. The summed E-state index contributed by atoms with van der Waals surface area (Å²) in [6.07, 6.45) is 1.38. The van der Waals surface area contributed by atoms with Gasteiger partial charge in [-0.2, -0.15) is 0 Å². The van der Waals surface area contributed by atoms with Gasteiger partial charge in [0, 0.05) is 15.7 Å². The molecule has 0 aromatic heterocycles. The van der Waals surface area contributed by atoms with Gasteiger partial charge in [0.2, 0.25) is 5.91 Å². The van der Waals surface area contributed by atoms with Crippen molar-refractivity contribution in [2.45, 2.75) is 6.92 Å². The van der Waals surface area contributed by atoms with E-state index < -0.39 is 24.4 Å². The average molecular weight is 556 g/mol. The second-order valence-electron chi connectivity index (χ2n) is 6.12. The summed E-state index contributed by atoms with van der Waals surface area (Å²) in [6.45, 7) is 1.47. The van der Waals surface area contributed by atoms with E-state index in [4.69, 9.17) is 0 Å². The number of hydrogen-bond donors (Lipinski definition) is 3. The summed E-state index contributed by atoms with van der Waals surface area (Å²) in [7, 11) is 0. The van der Waals surface area contributed by atoms with E-state index in [1.54, 1.807) is 30.3 Å². The van der Waals surface area contributed by atoms with E-state index in [1.807, 2.05) is 35.6 Å².